The molecule has 4 amide bonds. The van der Waals surface area contributed by atoms with Gasteiger partial charge in [-0.1, -0.05) is 17.7 Å². The number of carbonyl (C=O) groups is 3. The van der Waals surface area contributed by atoms with E-state index in [1.165, 1.54) is 0 Å². The van der Waals surface area contributed by atoms with Crippen LogP contribution in [0.15, 0.2) is 55.0 Å². The van der Waals surface area contributed by atoms with Crippen molar-refractivity contribution in [1.29, 1.82) is 5.26 Å². The number of nitriles is 1. The summed E-state index contributed by atoms with van der Waals surface area (Å²) in [5.41, 5.74) is 2.55. The third-order valence-corrected chi connectivity index (χ3v) is 11.9. The summed E-state index contributed by atoms with van der Waals surface area (Å²) in [5.74, 6) is 1.62. The number of rotatable bonds is 9. The lowest BCUT2D eigenvalue weighted by Gasteiger charge is -2.38. The fraction of sp³-hybridized carbons (Fsp3) is 0.475. The second-order valence-electron chi connectivity index (χ2n) is 15.1. The molecule has 4 aromatic rings. The van der Waals surface area contributed by atoms with Crippen molar-refractivity contribution in [2.45, 2.75) is 76.0 Å². The van der Waals surface area contributed by atoms with Gasteiger partial charge in [-0.3, -0.25) is 24.5 Å². The lowest BCUT2D eigenvalue weighted by Crippen LogP contribution is -2.49. The van der Waals surface area contributed by atoms with Gasteiger partial charge >= 0.3 is 6.03 Å². The SMILES string of the molecule is N#Cc1ccc(O[C@H]2CC[C@H](NC(=O)c3cnc(N4CCC(CN5CCC(n6ncc7c(N8CCC(=O)NC8=O)cccc76)CC5)CC4)cn3)CC2)cc1Cl. The number of hydrogen-bond donors (Lipinski definition) is 2. The summed E-state index contributed by atoms with van der Waals surface area (Å²) >= 11 is 6.15. The average molecular weight is 765 g/mol. The van der Waals surface area contributed by atoms with Crippen molar-refractivity contribution >= 4 is 51.9 Å². The Morgan fingerprint density at radius 3 is 2.45 bits per heavy atom. The summed E-state index contributed by atoms with van der Waals surface area (Å²) < 4.78 is 8.21. The quantitative estimate of drug-likeness (QED) is 0.224. The molecule has 3 saturated heterocycles. The summed E-state index contributed by atoms with van der Waals surface area (Å²) in [5, 5.41) is 20.7. The zero-order valence-corrected chi connectivity index (χ0v) is 31.5. The van der Waals surface area contributed by atoms with E-state index in [9.17, 15) is 14.4 Å². The Hall–Kier alpha value is -5.26. The van der Waals surface area contributed by atoms with Crippen LogP contribution in [-0.4, -0.2) is 93.9 Å². The smallest absolute Gasteiger partial charge is 0.328 e. The lowest BCUT2D eigenvalue weighted by atomic mass is 9.93. The maximum atomic E-state index is 13.0. The van der Waals surface area contributed by atoms with Gasteiger partial charge in [-0.15, -0.1) is 0 Å². The predicted octanol–water partition coefficient (Wildman–Crippen LogP) is 5.47. The van der Waals surface area contributed by atoms with Crippen LogP contribution in [0.25, 0.3) is 10.9 Å². The maximum Gasteiger partial charge on any atom is 0.328 e. The van der Waals surface area contributed by atoms with Gasteiger partial charge < -0.3 is 19.9 Å². The standard InChI is InChI=1S/C40H45ClN10O4/c41-33-20-31(7-4-27(33)21-42)55-30-8-5-28(6-9-30)46-39(53)34-23-44-37(24-43-34)49-17-10-26(11-18-49)25-48-15-12-29(13-16-48)51-36-3-1-2-35(32(36)22-45-51)50-19-14-38(52)47-40(50)54/h1-4,7,20,22-24,26,28-30H,5-6,8-19,25H2,(H,46,53)(H,47,52,54)/t28-,30-. The van der Waals surface area contributed by atoms with Crippen molar-refractivity contribution in [1.82, 2.24) is 35.3 Å². The van der Waals surface area contributed by atoms with Crippen LogP contribution in [0.3, 0.4) is 0 Å². The molecule has 0 bridgehead atoms. The molecule has 0 atom stereocenters. The molecular weight excluding hydrogens is 720 g/mol. The molecule has 0 spiro atoms. The van der Waals surface area contributed by atoms with E-state index in [-0.39, 0.29) is 36.4 Å². The van der Waals surface area contributed by atoms with Crippen LogP contribution in [0.2, 0.25) is 5.02 Å². The van der Waals surface area contributed by atoms with E-state index in [2.05, 4.69) is 47.2 Å². The molecular formula is C40H45ClN10O4. The van der Waals surface area contributed by atoms with E-state index < -0.39 is 0 Å². The van der Waals surface area contributed by atoms with Crippen LogP contribution in [0.1, 0.15) is 79.9 Å². The van der Waals surface area contributed by atoms with Crippen LogP contribution < -0.4 is 25.2 Å². The molecule has 15 heteroatoms. The van der Waals surface area contributed by atoms with Gasteiger partial charge in [0.05, 0.1) is 52.5 Å². The van der Waals surface area contributed by atoms with Gasteiger partial charge in [0.1, 0.15) is 23.3 Å². The molecule has 2 aromatic carbocycles. The van der Waals surface area contributed by atoms with Gasteiger partial charge in [-0.05, 0) is 81.5 Å². The fourth-order valence-electron chi connectivity index (χ4n) is 8.47. The lowest BCUT2D eigenvalue weighted by molar-refractivity contribution is -0.120. The van der Waals surface area contributed by atoms with Gasteiger partial charge in [-0.2, -0.15) is 10.4 Å². The van der Waals surface area contributed by atoms with Gasteiger partial charge in [0, 0.05) is 63.2 Å². The van der Waals surface area contributed by atoms with E-state index in [1.54, 1.807) is 35.5 Å². The Bertz CT molecular complexity index is 2080. The zero-order chi connectivity index (χ0) is 37.9. The fourth-order valence-corrected chi connectivity index (χ4v) is 8.68. The average Bonchev–Trinajstić information content (AvgIpc) is 3.64. The first-order valence-electron chi connectivity index (χ1n) is 19.4. The number of benzene rings is 2. The summed E-state index contributed by atoms with van der Waals surface area (Å²) in [6.45, 7) is 5.29. The highest BCUT2D eigenvalue weighted by atomic mass is 35.5. The van der Waals surface area contributed by atoms with Crippen LogP contribution in [0, 0.1) is 17.2 Å². The first-order valence-corrected chi connectivity index (χ1v) is 19.7. The minimum absolute atomic E-state index is 0.0328. The largest absolute Gasteiger partial charge is 0.490 e. The number of anilines is 2. The summed E-state index contributed by atoms with van der Waals surface area (Å²) in [4.78, 5) is 52.8. The topological polar surface area (TPSA) is 162 Å². The number of ether oxygens (including phenoxy) is 1. The van der Waals surface area contributed by atoms with Gasteiger partial charge in [0.2, 0.25) is 5.91 Å². The normalized spacial score (nSPS) is 21.7. The number of urea groups is 1. The number of nitrogens with zero attached hydrogens (tertiary/aromatic N) is 8. The molecule has 5 heterocycles. The third kappa shape index (κ3) is 8.23. The Morgan fingerprint density at radius 2 is 1.75 bits per heavy atom. The molecule has 2 aromatic heterocycles. The number of hydrogen-bond acceptors (Lipinski definition) is 10. The maximum absolute atomic E-state index is 13.0. The van der Waals surface area contributed by atoms with Crippen molar-refractivity contribution in [3.63, 3.8) is 0 Å². The van der Waals surface area contributed by atoms with Crippen molar-refractivity contribution in [3.05, 3.63) is 71.3 Å². The molecule has 55 heavy (non-hydrogen) atoms. The summed E-state index contributed by atoms with van der Waals surface area (Å²) in [6.07, 6.45) is 12.9. The number of fused-ring (bicyclic) bond motifs is 1. The van der Waals surface area contributed by atoms with Crippen LogP contribution >= 0.6 is 11.6 Å². The minimum Gasteiger partial charge on any atom is -0.490 e. The first kappa shape index (κ1) is 36.7. The van der Waals surface area contributed by atoms with Gasteiger partial charge in [-0.25, -0.2) is 14.8 Å². The third-order valence-electron chi connectivity index (χ3n) is 11.6. The minimum atomic E-state index is -0.381. The van der Waals surface area contributed by atoms with Crippen molar-refractivity contribution < 1.29 is 19.1 Å². The van der Waals surface area contributed by atoms with Gasteiger partial charge in [0.15, 0.2) is 0 Å². The molecule has 3 aliphatic heterocycles. The molecule has 4 fully saturated rings. The number of aromatic nitrogens is 4. The Balaban J connectivity index is 0.760. The van der Waals surface area contributed by atoms with E-state index in [0.717, 1.165) is 106 Å². The number of carbonyl (C=O) groups excluding carboxylic acids is 3. The molecule has 4 aliphatic rings. The summed E-state index contributed by atoms with van der Waals surface area (Å²) in [7, 11) is 0. The number of likely N-dealkylation sites (tertiary alicyclic amines) is 1. The van der Waals surface area contributed by atoms with Crippen LogP contribution in [0.4, 0.5) is 16.3 Å². The number of nitrogens with one attached hydrogen (secondary N) is 2. The van der Waals surface area contributed by atoms with E-state index in [0.29, 0.717) is 40.5 Å². The van der Waals surface area contributed by atoms with E-state index in [1.807, 2.05) is 18.3 Å². The van der Waals surface area contributed by atoms with Crippen LogP contribution in [0.5, 0.6) is 5.75 Å². The Kier molecular flexibility index (Phi) is 10.8. The highest BCUT2D eigenvalue weighted by molar-refractivity contribution is 6.31. The van der Waals surface area contributed by atoms with E-state index in [4.69, 9.17) is 26.7 Å². The molecule has 0 unspecified atom stereocenters. The number of halogens is 1. The summed E-state index contributed by atoms with van der Waals surface area (Å²) in [6, 6.07) is 13.1. The van der Waals surface area contributed by atoms with Crippen molar-refractivity contribution in [3.8, 4) is 11.8 Å². The highest BCUT2D eigenvalue weighted by Crippen LogP contribution is 2.33. The molecule has 14 nitrogen and oxygen atoms in total. The molecule has 8 rings (SSSR count). The molecule has 286 valence electrons. The van der Waals surface area contributed by atoms with Crippen molar-refractivity contribution in [2.75, 3.05) is 49.1 Å². The predicted molar refractivity (Wildman–Crippen MR) is 207 cm³/mol. The molecule has 1 saturated carbocycles. The monoisotopic (exact) mass is 764 g/mol. The Morgan fingerprint density at radius 1 is 0.945 bits per heavy atom. The number of amides is 4. The van der Waals surface area contributed by atoms with Crippen LogP contribution in [-0.2, 0) is 4.79 Å². The van der Waals surface area contributed by atoms with Gasteiger partial charge in [0.25, 0.3) is 5.91 Å². The molecule has 1 aliphatic carbocycles. The van der Waals surface area contributed by atoms with Crippen molar-refractivity contribution in [2.24, 2.45) is 5.92 Å². The second kappa shape index (κ2) is 16.2. The number of imide groups is 1. The zero-order valence-electron chi connectivity index (χ0n) is 30.7. The second-order valence-corrected chi connectivity index (χ2v) is 15.5. The number of piperidine rings is 2. The Labute approximate surface area is 324 Å². The van der Waals surface area contributed by atoms with E-state index >= 15 is 0 Å². The highest BCUT2D eigenvalue weighted by Gasteiger charge is 2.30. The first-order chi connectivity index (χ1) is 26.8. The molecule has 2 N–H and O–H groups in total. The molecule has 0 radical (unpaired) electrons.